The summed E-state index contributed by atoms with van der Waals surface area (Å²) in [6, 6.07) is 0. The molecule has 176 valence electrons. The van der Waals surface area contributed by atoms with Crippen molar-refractivity contribution < 1.29 is 29.5 Å². The Balaban J connectivity index is 1.60. The maximum absolute atomic E-state index is 10.1. The molecule has 2 saturated heterocycles. The van der Waals surface area contributed by atoms with Crippen LogP contribution in [0.15, 0.2) is 37.0 Å². The van der Waals surface area contributed by atoms with Gasteiger partial charge < -0.3 is 29.5 Å². The number of hydrogen-bond donors (Lipinski definition) is 3. The van der Waals surface area contributed by atoms with E-state index in [1.807, 2.05) is 26.0 Å². The number of hydrogen-bond acceptors (Lipinski definition) is 6. The Hall–Kier alpha value is -1.02. The second kappa shape index (κ2) is 8.73. The highest BCUT2D eigenvalue weighted by Crippen LogP contribution is 2.55. The van der Waals surface area contributed by atoms with E-state index in [-0.39, 0.29) is 23.7 Å². The Morgan fingerprint density at radius 3 is 2.48 bits per heavy atom. The van der Waals surface area contributed by atoms with Gasteiger partial charge >= 0.3 is 0 Å². The van der Waals surface area contributed by atoms with Crippen LogP contribution in [0, 0.1) is 17.3 Å². The molecular weight excluding hydrogens is 396 g/mol. The largest absolute Gasteiger partial charge is 0.388 e. The molecule has 0 bridgehead atoms. The molecule has 0 aromatic heterocycles. The topological polar surface area (TPSA) is 91.7 Å². The zero-order chi connectivity index (χ0) is 23.2. The van der Waals surface area contributed by atoms with Gasteiger partial charge in [0.2, 0.25) is 0 Å². The Kier molecular flexibility index (Phi) is 6.93. The Bertz CT molecular complexity index is 717. The lowest BCUT2D eigenvalue weighted by atomic mass is 9.60. The maximum atomic E-state index is 10.1. The van der Waals surface area contributed by atoms with Gasteiger partial charge in [0.25, 0.3) is 0 Å². The summed E-state index contributed by atoms with van der Waals surface area (Å²) in [5, 5.41) is 29.6. The van der Waals surface area contributed by atoms with Crippen molar-refractivity contribution in [1.82, 2.24) is 0 Å². The second-order valence-corrected chi connectivity index (χ2v) is 10.6. The highest BCUT2D eigenvalue weighted by atomic mass is 16.7. The van der Waals surface area contributed by atoms with Crippen LogP contribution in [0.2, 0.25) is 0 Å². The summed E-state index contributed by atoms with van der Waals surface area (Å²) in [6.45, 7) is 18.5. The predicted octanol–water partition coefficient (Wildman–Crippen LogP) is 3.12. The van der Waals surface area contributed by atoms with Gasteiger partial charge in [-0.05, 0) is 64.2 Å². The highest BCUT2D eigenvalue weighted by Gasteiger charge is 2.58. The lowest BCUT2D eigenvalue weighted by Gasteiger charge is -2.44. The Morgan fingerprint density at radius 2 is 1.87 bits per heavy atom. The molecule has 9 atom stereocenters. The molecule has 0 spiro atoms. The van der Waals surface area contributed by atoms with Crippen molar-refractivity contribution in [3.8, 4) is 0 Å². The number of allylic oxidation sites excluding steroid dienone is 2. The molecule has 1 aliphatic carbocycles. The second-order valence-electron chi connectivity index (χ2n) is 10.6. The van der Waals surface area contributed by atoms with Gasteiger partial charge in [-0.2, -0.15) is 0 Å². The lowest BCUT2D eigenvalue weighted by molar-refractivity contribution is -0.289. The molecule has 0 aromatic carbocycles. The minimum Gasteiger partial charge on any atom is -0.388 e. The monoisotopic (exact) mass is 436 g/mol. The summed E-state index contributed by atoms with van der Waals surface area (Å²) in [6.07, 6.45) is 4.54. The van der Waals surface area contributed by atoms with E-state index >= 15 is 0 Å². The van der Waals surface area contributed by atoms with Crippen LogP contribution in [0.25, 0.3) is 0 Å². The average Bonchev–Trinajstić information content (AvgIpc) is 3.38. The third-order valence-corrected chi connectivity index (χ3v) is 7.65. The molecule has 1 saturated carbocycles. The minimum atomic E-state index is -1.31. The average molecular weight is 437 g/mol. The van der Waals surface area contributed by atoms with E-state index in [9.17, 15) is 15.3 Å². The van der Waals surface area contributed by atoms with E-state index in [2.05, 4.69) is 40.0 Å². The van der Waals surface area contributed by atoms with E-state index in [4.69, 9.17) is 14.2 Å². The third kappa shape index (κ3) is 5.00. The molecule has 3 N–H and O–H groups in total. The summed E-state index contributed by atoms with van der Waals surface area (Å²) in [5.41, 5.74) is 0.350. The molecule has 3 rings (SSSR count). The zero-order valence-electron chi connectivity index (χ0n) is 19.6. The highest BCUT2D eigenvalue weighted by molar-refractivity contribution is 5.20. The maximum Gasteiger partial charge on any atom is 0.187 e. The van der Waals surface area contributed by atoms with Crippen LogP contribution in [0.3, 0.4) is 0 Å². The van der Waals surface area contributed by atoms with E-state index in [0.717, 1.165) is 19.3 Å². The van der Waals surface area contributed by atoms with Crippen molar-refractivity contribution in [3.63, 3.8) is 0 Å². The van der Waals surface area contributed by atoms with E-state index in [1.54, 1.807) is 0 Å². The molecule has 3 aliphatic rings. The van der Waals surface area contributed by atoms with Crippen molar-refractivity contribution in [2.45, 2.75) is 95.8 Å². The van der Waals surface area contributed by atoms with E-state index in [1.165, 1.54) is 5.57 Å². The predicted molar refractivity (Wildman–Crippen MR) is 119 cm³/mol. The van der Waals surface area contributed by atoms with Gasteiger partial charge in [0.15, 0.2) is 6.29 Å². The first-order chi connectivity index (χ1) is 14.3. The molecule has 6 nitrogen and oxygen atoms in total. The van der Waals surface area contributed by atoms with Gasteiger partial charge in [-0.3, -0.25) is 0 Å². The first-order valence-corrected chi connectivity index (χ1v) is 11.3. The number of aliphatic hydroxyl groups excluding tert-OH is 3. The van der Waals surface area contributed by atoms with Gasteiger partial charge in [0, 0.05) is 0 Å². The van der Waals surface area contributed by atoms with Gasteiger partial charge in [-0.15, -0.1) is 6.58 Å². The molecule has 5 unspecified atom stereocenters. The fourth-order valence-electron chi connectivity index (χ4n) is 5.20. The van der Waals surface area contributed by atoms with E-state index in [0.29, 0.717) is 11.8 Å². The van der Waals surface area contributed by atoms with Crippen LogP contribution in [0.4, 0.5) is 0 Å². The lowest BCUT2D eigenvalue weighted by Crippen LogP contribution is -2.55. The number of aliphatic hydroxyl groups is 3. The van der Waals surface area contributed by atoms with Crippen LogP contribution < -0.4 is 0 Å². The van der Waals surface area contributed by atoms with Crippen LogP contribution in [-0.2, 0) is 14.2 Å². The summed E-state index contributed by atoms with van der Waals surface area (Å²) in [7, 11) is 0. The van der Waals surface area contributed by atoms with Gasteiger partial charge in [0.05, 0.1) is 17.8 Å². The van der Waals surface area contributed by atoms with Crippen LogP contribution >= 0.6 is 0 Å². The van der Waals surface area contributed by atoms with Gasteiger partial charge in [0.1, 0.15) is 24.4 Å². The SMILES string of the molecule is C=C[C@@]1(C)CCC([C@@]2(C)O[C@@H]2/C=C/C(C)(C)OC2OCC(O)C(O)C2O)C[C@@H]1C(=C)C. The minimum absolute atomic E-state index is 0.00356. The number of ether oxygens (including phenoxy) is 3. The first kappa shape index (κ1) is 24.6. The normalized spacial score (nSPS) is 46.1. The summed E-state index contributed by atoms with van der Waals surface area (Å²) >= 11 is 0. The Morgan fingerprint density at radius 1 is 1.19 bits per heavy atom. The van der Waals surface area contributed by atoms with Crippen molar-refractivity contribution in [2.24, 2.45) is 17.3 Å². The molecule has 31 heavy (non-hydrogen) atoms. The number of rotatable bonds is 7. The summed E-state index contributed by atoms with van der Waals surface area (Å²) in [5.74, 6) is 0.849. The first-order valence-electron chi connectivity index (χ1n) is 11.3. The van der Waals surface area contributed by atoms with Gasteiger partial charge in [-0.25, -0.2) is 0 Å². The standard InChI is InChI=1S/C25H40O6/c1-8-24(6)12-9-16(13-17(24)15(2)3)25(7)19(30-25)10-11-23(4,5)31-22-21(28)20(27)18(26)14-29-22/h8,10-11,16-22,26-28H,1-2,9,12-14H2,3-7H3/b11-10+/t16?,17-,18?,19-,20?,21?,22?,24+,25-/m1/s1. The van der Waals surface area contributed by atoms with Crippen LogP contribution in [0.1, 0.15) is 53.9 Å². The van der Waals surface area contributed by atoms with Crippen molar-refractivity contribution in [1.29, 1.82) is 0 Å². The van der Waals surface area contributed by atoms with Gasteiger partial charge in [-0.1, -0.05) is 37.3 Å². The summed E-state index contributed by atoms with van der Waals surface area (Å²) in [4.78, 5) is 0. The zero-order valence-corrected chi connectivity index (χ0v) is 19.6. The third-order valence-electron chi connectivity index (χ3n) is 7.65. The van der Waals surface area contributed by atoms with Crippen molar-refractivity contribution >= 4 is 0 Å². The van der Waals surface area contributed by atoms with Crippen LogP contribution in [-0.4, -0.2) is 63.8 Å². The molecule has 3 fully saturated rings. The molecule has 0 amide bonds. The smallest absolute Gasteiger partial charge is 0.187 e. The fraction of sp³-hybridized carbons (Fsp3) is 0.760. The van der Waals surface area contributed by atoms with Crippen molar-refractivity contribution in [2.75, 3.05) is 6.61 Å². The quantitative estimate of drug-likeness (QED) is 0.420. The molecule has 0 aromatic rings. The molecule has 2 aliphatic heterocycles. The van der Waals surface area contributed by atoms with Crippen LogP contribution in [0.5, 0.6) is 0 Å². The van der Waals surface area contributed by atoms with Crippen molar-refractivity contribution in [3.05, 3.63) is 37.0 Å². The number of epoxide rings is 1. The van der Waals surface area contributed by atoms with E-state index < -0.39 is 30.2 Å². The summed E-state index contributed by atoms with van der Waals surface area (Å²) < 4.78 is 17.4. The fourth-order valence-corrected chi connectivity index (χ4v) is 5.20. The molecular formula is C25H40O6. The molecule has 2 heterocycles. The molecule has 6 heteroatoms. The molecule has 0 radical (unpaired) electrons. The Labute approximate surface area is 186 Å².